The van der Waals surface area contributed by atoms with Gasteiger partial charge < -0.3 is 25.4 Å². The number of non-ortho nitro benzene ring substituents is 1. The van der Waals surface area contributed by atoms with Crippen LogP contribution in [0.3, 0.4) is 0 Å². The molecular weight excluding hydrogens is 556 g/mol. The van der Waals surface area contributed by atoms with E-state index < -0.39 is 46.7 Å². The van der Waals surface area contributed by atoms with Gasteiger partial charge in [0.1, 0.15) is 36.5 Å². The van der Waals surface area contributed by atoms with Crippen LogP contribution in [-0.4, -0.2) is 75.2 Å². The van der Waals surface area contributed by atoms with Gasteiger partial charge in [-0.05, 0) is 23.8 Å². The summed E-state index contributed by atoms with van der Waals surface area (Å²) in [7, 11) is 1.25. The molecule has 4 rings (SSSR count). The number of nitrogens with one attached hydrogen (secondary N) is 1. The Bertz CT molecular complexity index is 1370. The van der Waals surface area contributed by atoms with E-state index in [1.54, 1.807) is 0 Å². The van der Waals surface area contributed by atoms with Gasteiger partial charge in [0.25, 0.3) is 17.5 Å². The van der Waals surface area contributed by atoms with Crippen LogP contribution in [0.2, 0.25) is 0 Å². The average molecular weight is 577 g/mol. The number of oxime groups is 1. The summed E-state index contributed by atoms with van der Waals surface area (Å²) in [6, 6.07) is 4.45. The van der Waals surface area contributed by atoms with Crippen LogP contribution in [0.1, 0.15) is 11.3 Å². The molecule has 1 fully saturated rings. The van der Waals surface area contributed by atoms with Gasteiger partial charge in [-0.15, -0.1) is 23.1 Å². The average Bonchev–Trinajstić information content (AvgIpc) is 3.37. The van der Waals surface area contributed by atoms with Crippen molar-refractivity contribution in [3.8, 4) is 0 Å². The van der Waals surface area contributed by atoms with Crippen LogP contribution in [0.4, 0.5) is 10.8 Å². The summed E-state index contributed by atoms with van der Waals surface area (Å²) in [5.41, 5.74) is 5.98. The number of nitrogens with zero attached hydrogens (tertiary/aromatic N) is 4. The number of benzene rings is 1. The fourth-order valence-electron chi connectivity index (χ4n) is 3.55. The molecule has 15 nitrogen and oxygen atoms in total. The second kappa shape index (κ2) is 11.9. The van der Waals surface area contributed by atoms with Crippen molar-refractivity contribution in [1.82, 2.24) is 15.2 Å². The van der Waals surface area contributed by atoms with Crippen molar-refractivity contribution in [3.63, 3.8) is 0 Å². The summed E-state index contributed by atoms with van der Waals surface area (Å²) >= 11 is 2.42. The number of carbonyl (C=O) groups is 4. The van der Waals surface area contributed by atoms with Crippen LogP contribution in [0.15, 0.2) is 46.6 Å². The highest BCUT2D eigenvalue weighted by Crippen LogP contribution is 2.37. The number of fused-ring (bicyclic) bond motifs is 1. The second-order valence-electron chi connectivity index (χ2n) is 7.83. The molecule has 2 aliphatic heterocycles. The van der Waals surface area contributed by atoms with Crippen LogP contribution < -0.4 is 11.1 Å². The van der Waals surface area contributed by atoms with Crippen LogP contribution in [-0.2, 0) is 40.1 Å². The number of nitrogens with two attached hydrogens (primary N) is 1. The van der Waals surface area contributed by atoms with E-state index in [1.165, 1.54) is 59.5 Å². The van der Waals surface area contributed by atoms with Crippen LogP contribution in [0, 0.1) is 10.1 Å². The first-order chi connectivity index (χ1) is 18.7. The first-order valence-corrected chi connectivity index (χ1v) is 13.0. The molecule has 2 atom stereocenters. The van der Waals surface area contributed by atoms with E-state index in [0.717, 1.165) is 11.3 Å². The first kappa shape index (κ1) is 27.5. The van der Waals surface area contributed by atoms with E-state index in [9.17, 15) is 29.3 Å². The number of rotatable bonds is 10. The molecule has 0 aliphatic carbocycles. The number of nitrogen functional groups attached to an aromatic ring is 1. The van der Waals surface area contributed by atoms with Gasteiger partial charge in [-0.3, -0.25) is 24.6 Å². The third kappa shape index (κ3) is 6.15. The quantitative estimate of drug-likeness (QED) is 0.131. The van der Waals surface area contributed by atoms with Gasteiger partial charge >= 0.3 is 11.9 Å². The smallest absolute Gasteiger partial charge is 0.355 e. The number of esters is 2. The van der Waals surface area contributed by atoms with E-state index in [2.05, 4.69) is 15.5 Å². The lowest BCUT2D eigenvalue weighted by molar-refractivity contribution is -0.384. The summed E-state index contributed by atoms with van der Waals surface area (Å²) < 4.78 is 10.0. The van der Waals surface area contributed by atoms with E-state index in [1.807, 2.05) is 0 Å². The maximum Gasteiger partial charge on any atom is 0.355 e. The number of β-lactam (4-membered cyclic amide) rings is 1. The molecule has 2 amide bonds. The summed E-state index contributed by atoms with van der Waals surface area (Å²) in [6.45, 7) is -0.888. The number of ether oxygens (including phenoxy) is 2. The molecule has 2 aromatic rings. The largest absolute Gasteiger partial charge is 0.458 e. The molecule has 1 saturated heterocycles. The maximum absolute atomic E-state index is 12.8. The Morgan fingerprint density at radius 2 is 2.03 bits per heavy atom. The van der Waals surface area contributed by atoms with Gasteiger partial charge in [0.2, 0.25) is 0 Å². The Morgan fingerprint density at radius 3 is 2.67 bits per heavy atom. The lowest BCUT2D eigenvalue weighted by Gasteiger charge is -2.48. The first-order valence-electron chi connectivity index (χ1n) is 11.0. The van der Waals surface area contributed by atoms with Crippen LogP contribution >= 0.6 is 23.1 Å². The number of aromatic nitrogens is 1. The maximum atomic E-state index is 12.8. The minimum Gasteiger partial charge on any atom is -0.458 e. The number of nitro groups is 1. The number of carbonyl (C=O) groups excluding carboxylic acids is 4. The van der Waals surface area contributed by atoms with Crippen molar-refractivity contribution < 1.29 is 38.4 Å². The van der Waals surface area contributed by atoms with Crippen LogP contribution in [0.5, 0.6) is 0 Å². The Kier molecular flexibility index (Phi) is 8.40. The van der Waals surface area contributed by atoms with Gasteiger partial charge in [-0.2, -0.15) is 0 Å². The third-order valence-electron chi connectivity index (χ3n) is 5.37. The zero-order valence-corrected chi connectivity index (χ0v) is 21.7. The SMILES string of the molecule is CO/N=C(\C(=O)NC1C(=O)N2C(C(=O)OCC(=O)OCc3ccc([N+](=O)[O-])cc3)=CCS[C@H]12)c1csc(N)n1. The summed E-state index contributed by atoms with van der Waals surface area (Å²) in [6.07, 6.45) is 1.48. The van der Waals surface area contributed by atoms with Crippen molar-refractivity contribution in [3.05, 3.63) is 62.8 Å². The molecule has 0 saturated carbocycles. The molecule has 0 spiro atoms. The minimum absolute atomic E-state index is 0.0597. The highest BCUT2D eigenvalue weighted by Gasteiger charge is 2.53. The number of anilines is 1. The Hall–Kier alpha value is -4.51. The van der Waals surface area contributed by atoms with Crippen molar-refractivity contribution in [2.24, 2.45) is 5.16 Å². The topological polar surface area (TPSA) is 206 Å². The van der Waals surface area contributed by atoms with Gasteiger partial charge in [0.05, 0.1) is 4.92 Å². The molecule has 204 valence electrons. The predicted molar refractivity (Wildman–Crippen MR) is 137 cm³/mol. The minimum atomic E-state index is -0.955. The van der Waals surface area contributed by atoms with E-state index >= 15 is 0 Å². The molecule has 1 unspecified atom stereocenters. The number of hydrogen-bond donors (Lipinski definition) is 2. The number of thioether (sulfide) groups is 1. The summed E-state index contributed by atoms with van der Waals surface area (Å²) in [5, 5.41) is 18.1. The highest BCUT2D eigenvalue weighted by atomic mass is 32.2. The normalized spacial score (nSPS) is 18.3. The van der Waals surface area contributed by atoms with Crippen molar-refractivity contribution in [2.75, 3.05) is 25.2 Å². The lowest BCUT2D eigenvalue weighted by Crippen LogP contribution is -2.70. The molecule has 3 heterocycles. The summed E-state index contributed by atoms with van der Waals surface area (Å²) in [5.74, 6) is -2.69. The number of nitro benzene ring substituents is 1. The van der Waals surface area contributed by atoms with Crippen molar-refractivity contribution in [2.45, 2.75) is 18.0 Å². The molecule has 17 heteroatoms. The zero-order chi connectivity index (χ0) is 28.1. The van der Waals surface area contributed by atoms with Crippen molar-refractivity contribution in [1.29, 1.82) is 0 Å². The monoisotopic (exact) mass is 576 g/mol. The fourth-order valence-corrected chi connectivity index (χ4v) is 5.29. The number of amides is 2. The molecule has 0 bridgehead atoms. The molecule has 2 aliphatic rings. The number of thiazole rings is 1. The zero-order valence-electron chi connectivity index (χ0n) is 20.1. The fraction of sp³-hybridized carbons (Fsp3) is 0.273. The molecule has 39 heavy (non-hydrogen) atoms. The van der Waals surface area contributed by atoms with E-state index in [4.69, 9.17) is 20.0 Å². The molecule has 1 aromatic carbocycles. The standard InChI is InChI=1S/C22H20N6O9S2/c1-35-26-16(13-10-39-22(23)24-13)18(30)25-17-19(31)27-14(6-7-38-20(17)27)21(32)37-9-15(29)36-8-11-2-4-12(5-3-11)28(33)34/h2-6,10,17,20H,7-9H2,1H3,(H2,23,24)(H,25,30)/b26-16-/t17?,20-/m1/s1. The van der Waals surface area contributed by atoms with Crippen molar-refractivity contribution >= 4 is 63.4 Å². The van der Waals surface area contributed by atoms with Gasteiger partial charge in [-0.1, -0.05) is 5.16 Å². The number of hydrogen-bond acceptors (Lipinski definition) is 14. The second-order valence-corrected chi connectivity index (χ2v) is 9.87. The lowest BCUT2D eigenvalue weighted by atomic mass is 10.0. The Morgan fingerprint density at radius 1 is 1.28 bits per heavy atom. The van der Waals surface area contributed by atoms with Gasteiger partial charge in [0.15, 0.2) is 17.5 Å². The predicted octanol–water partition coefficient (Wildman–Crippen LogP) is 0.554. The third-order valence-corrected chi connectivity index (χ3v) is 7.23. The molecule has 1 aromatic heterocycles. The highest BCUT2D eigenvalue weighted by molar-refractivity contribution is 8.00. The van der Waals surface area contributed by atoms with Crippen LogP contribution in [0.25, 0.3) is 0 Å². The molecule has 3 N–H and O–H groups in total. The van der Waals surface area contributed by atoms with E-state index in [0.29, 0.717) is 11.3 Å². The molecular formula is C22H20N6O9S2. The van der Waals surface area contributed by atoms with Gasteiger partial charge in [0, 0.05) is 23.3 Å². The van der Waals surface area contributed by atoms with E-state index in [-0.39, 0.29) is 34.5 Å². The summed E-state index contributed by atoms with van der Waals surface area (Å²) in [4.78, 5) is 70.3. The molecule has 0 radical (unpaired) electrons. The Balaban J connectivity index is 1.29. The van der Waals surface area contributed by atoms with Gasteiger partial charge in [-0.25, -0.2) is 14.6 Å². The Labute approximate surface area is 228 Å².